The van der Waals surface area contributed by atoms with Gasteiger partial charge in [-0.2, -0.15) is 0 Å². The van der Waals surface area contributed by atoms with Crippen molar-refractivity contribution in [2.75, 3.05) is 13.2 Å². The van der Waals surface area contributed by atoms with Crippen LogP contribution >= 0.6 is 11.8 Å². The van der Waals surface area contributed by atoms with E-state index in [-0.39, 0.29) is 18.1 Å². The van der Waals surface area contributed by atoms with Gasteiger partial charge in [-0.15, -0.1) is 0 Å². The second-order valence-electron chi connectivity index (χ2n) is 4.54. The highest BCUT2D eigenvalue weighted by molar-refractivity contribution is 8.14. The molecule has 2 saturated heterocycles. The molecule has 18 heavy (non-hydrogen) atoms. The average molecular weight is 276 g/mol. The number of aliphatic hydroxyl groups is 3. The predicted molar refractivity (Wildman–Crippen MR) is 69.5 cm³/mol. The molecule has 0 amide bonds. The molecule has 4 N–H and O–H groups in total. The van der Waals surface area contributed by atoms with E-state index in [0.29, 0.717) is 0 Å². The monoisotopic (exact) mass is 276 g/mol. The molecule has 2 aliphatic rings. The second-order valence-corrected chi connectivity index (χ2v) is 5.62. The van der Waals surface area contributed by atoms with Crippen molar-refractivity contribution in [3.05, 3.63) is 0 Å². The van der Waals surface area contributed by atoms with Gasteiger partial charge < -0.3 is 25.4 Å². The van der Waals surface area contributed by atoms with E-state index in [1.165, 1.54) is 11.8 Å². The van der Waals surface area contributed by atoms with Crippen molar-refractivity contribution in [3.8, 4) is 0 Å². The smallest absolute Gasteiger partial charge is 0.159 e. The summed E-state index contributed by atoms with van der Waals surface area (Å²) >= 11 is 1.40. The molecule has 5 atom stereocenters. The zero-order chi connectivity index (χ0) is 13.1. The minimum absolute atomic E-state index is 0.301. The Balaban J connectivity index is 1.98. The van der Waals surface area contributed by atoms with E-state index in [4.69, 9.17) is 9.84 Å². The first-order chi connectivity index (χ1) is 8.67. The molecule has 7 heteroatoms. The third-order valence-electron chi connectivity index (χ3n) is 3.17. The fraction of sp³-hybridized carbons (Fsp3) is 0.909. The molecular formula is C11H20N2O4S. The molecule has 0 aromatic carbocycles. The van der Waals surface area contributed by atoms with Gasteiger partial charge in [-0.1, -0.05) is 25.1 Å². The van der Waals surface area contributed by atoms with Crippen LogP contribution in [0, 0.1) is 0 Å². The fourth-order valence-corrected chi connectivity index (χ4v) is 3.21. The number of hydrogen-bond donors (Lipinski definition) is 4. The summed E-state index contributed by atoms with van der Waals surface area (Å²) in [5.74, 6) is 0. The molecule has 6 nitrogen and oxygen atoms in total. The van der Waals surface area contributed by atoms with Crippen LogP contribution in [0.2, 0.25) is 0 Å². The maximum atomic E-state index is 9.97. The lowest BCUT2D eigenvalue weighted by molar-refractivity contribution is -0.167. The highest BCUT2D eigenvalue weighted by atomic mass is 32.2. The quantitative estimate of drug-likeness (QED) is 0.507. The van der Waals surface area contributed by atoms with E-state index in [1.807, 2.05) is 0 Å². The lowest BCUT2D eigenvalue weighted by Crippen LogP contribution is -2.59. The van der Waals surface area contributed by atoms with Crippen LogP contribution in [-0.4, -0.2) is 63.4 Å². The number of unbranched alkanes of at least 4 members (excludes halogenated alkanes) is 1. The average Bonchev–Trinajstić information content (AvgIpc) is 2.77. The molecule has 0 radical (unpaired) electrons. The molecule has 2 heterocycles. The van der Waals surface area contributed by atoms with Crippen LogP contribution in [0.1, 0.15) is 19.8 Å². The summed E-state index contributed by atoms with van der Waals surface area (Å²) in [6.45, 7) is 2.54. The van der Waals surface area contributed by atoms with E-state index in [0.717, 1.165) is 24.6 Å². The SMILES string of the molecule is CCCCN=C1NC2C(O[C@H](CO)C(O)[C@@H]2O)S1. The van der Waals surface area contributed by atoms with E-state index >= 15 is 0 Å². The topological polar surface area (TPSA) is 94.3 Å². The van der Waals surface area contributed by atoms with Crippen molar-refractivity contribution in [2.24, 2.45) is 4.99 Å². The van der Waals surface area contributed by atoms with Crippen molar-refractivity contribution in [3.63, 3.8) is 0 Å². The normalized spacial score (nSPS) is 41.8. The second kappa shape index (κ2) is 6.21. The summed E-state index contributed by atoms with van der Waals surface area (Å²) < 4.78 is 5.54. The Morgan fingerprint density at radius 2 is 2.17 bits per heavy atom. The van der Waals surface area contributed by atoms with Gasteiger partial charge in [0.25, 0.3) is 0 Å². The van der Waals surface area contributed by atoms with Crippen LogP contribution in [-0.2, 0) is 4.74 Å². The van der Waals surface area contributed by atoms with Crippen molar-refractivity contribution < 1.29 is 20.1 Å². The van der Waals surface area contributed by atoms with E-state index in [2.05, 4.69) is 17.2 Å². The highest BCUT2D eigenvalue weighted by Gasteiger charge is 2.48. The maximum Gasteiger partial charge on any atom is 0.159 e. The third-order valence-corrected chi connectivity index (χ3v) is 4.27. The summed E-state index contributed by atoms with van der Waals surface area (Å²) in [5.41, 5.74) is -0.305. The molecule has 104 valence electrons. The van der Waals surface area contributed by atoms with Gasteiger partial charge >= 0.3 is 0 Å². The minimum Gasteiger partial charge on any atom is -0.394 e. The summed E-state index contributed by atoms with van der Waals surface area (Å²) in [7, 11) is 0. The van der Waals surface area contributed by atoms with Crippen LogP contribution in [0.25, 0.3) is 0 Å². The Hall–Kier alpha value is -0.340. The molecule has 2 rings (SSSR count). The van der Waals surface area contributed by atoms with Crippen molar-refractivity contribution in [1.29, 1.82) is 0 Å². The molecule has 0 aromatic rings. The zero-order valence-corrected chi connectivity index (χ0v) is 11.1. The molecule has 0 aliphatic carbocycles. The van der Waals surface area contributed by atoms with Gasteiger partial charge in [0.05, 0.1) is 12.6 Å². The molecule has 2 aliphatic heterocycles. The number of ether oxygens (including phenoxy) is 1. The number of nitrogens with one attached hydrogen (secondary N) is 1. The number of fused-ring (bicyclic) bond motifs is 1. The van der Waals surface area contributed by atoms with Crippen LogP contribution in [0.5, 0.6) is 0 Å². The van der Waals surface area contributed by atoms with Gasteiger partial charge in [-0.3, -0.25) is 4.99 Å². The highest BCUT2D eigenvalue weighted by Crippen LogP contribution is 2.33. The van der Waals surface area contributed by atoms with Gasteiger partial charge in [0.1, 0.15) is 23.7 Å². The first kappa shape index (κ1) is 14.1. The molecule has 2 fully saturated rings. The van der Waals surface area contributed by atoms with Gasteiger partial charge in [-0.05, 0) is 6.42 Å². The van der Waals surface area contributed by atoms with Crippen LogP contribution in [0.4, 0.5) is 0 Å². The molecule has 0 bridgehead atoms. The van der Waals surface area contributed by atoms with E-state index < -0.39 is 18.3 Å². The maximum absolute atomic E-state index is 9.97. The number of aliphatic imine (C=N–C) groups is 1. The summed E-state index contributed by atoms with van der Waals surface area (Å²) in [6, 6.07) is -0.367. The number of hydrogen-bond acceptors (Lipinski definition) is 6. The van der Waals surface area contributed by atoms with Crippen LogP contribution in [0.3, 0.4) is 0 Å². The Morgan fingerprint density at radius 1 is 1.39 bits per heavy atom. The van der Waals surface area contributed by atoms with Gasteiger partial charge in [0.15, 0.2) is 5.17 Å². The number of rotatable bonds is 4. The van der Waals surface area contributed by atoms with Gasteiger partial charge in [0.2, 0.25) is 0 Å². The zero-order valence-electron chi connectivity index (χ0n) is 10.3. The standard InChI is InChI=1S/C11H20N2O4S/c1-2-3-4-12-11-13-7-9(16)8(15)6(5-14)17-10(7)18-11/h6-10,14-16H,2-5H2,1H3,(H,12,13)/t6-,7?,8?,9-,10?/m1/s1. The van der Waals surface area contributed by atoms with E-state index in [1.54, 1.807) is 0 Å². The Kier molecular flexibility index (Phi) is 4.85. The first-order valence-electron chi connectivity index (χ1n) is 6.27. The summed E-state index contributed by atoms with van der Waals surface area (Å²) in [5, 5.41) is 32.6. The fourth-order valence-electron chi connectivity index (χ4n) is 2.04. The lowest BCUT2D eigenvalue weighted by Gasteiger charge is -2.38. The van der Waals surface area contributed by atoms with Crippen molar-refractivity contribution >= 4 is 16.9 Å². The lowest BCUT2D eigenvalue weighted by atomic mass is 9.98. The van der Waals surface area contributed by atoms with Gasteiger partial charge in [-0.25, -0.2) is 0 Å². The predicted octanol–water partition coefficient (Wildman–Crippen LogP) is -0.714. The van der Waals surface area contributed by atoms with Crippen LogP contribution < -0.4 is 5.32 Å². The van der Waals surface area contributed by atoms with Crippen LogP contribution in [0.15, 0.2) is 4.99 Å². The van der Waals surface area contributed by atoms with Gasteiger partial charge in [0, 0.05) is 6.54 Å². The molecule has 0 spiro atoms. The summed E-state index contributed by atoms with van der Waals surface area (Å²) in [6.07, 6.45) is -0.650. The molecule has 3 unspecified atom stereocenters. The Bertz CT molecular complexity index is 315. The number of nitrogens with zero attached hydrogens (tertiary/aromatic N) is 1. The van der Waals surface area contributed by atoms with E-state index in [9.17, 15) is 10.2 Å². The number of amidine groups is 1. The van der Waals surface area contributed by atoms with Crippen molar-refractivity contribution in [2.45, 2.75) is 49.6 Å². The van der Waals surface area contributed by atoms with Crippen molar-refractivity contribution in [1.82, 2.24) is 5.32 Å². The molecular weight excluding hydrogens is 256 g/mol. The largest absolute Gasteiger partial charge is 0.394 e. The molecule has 0 saturated carbocycles. The minimum atomic E-state index is -1.07. The molecule has 0 aromatic heterocycles. The Labute approximate surface area is 110 Å². The summed E-state index contributed by atoms with van der Waals surface area (Å²) in [4.78, 5) is 4.38. The number of aliphatic hydroxyl groups excluding tert-OH is 3. The number of thioether (sulfide) groups is 1. The Morgan fingerprint density at radius 3 is 2.83 bits per heavy atom. The first-order valence-corrected chi connectivity index (χ1v) is 7.15. The third kappa shape index (κ3) is 2.80.